The first kappa shape index (κ1) is 22.8. The van der Waals surface area contributed by atoms with Gasteiger partial charge in [-0.2, -0.15) is 0 Å². The molecule has 0 atom stereocenters. The third-order valence-electron chi connectivity index (χ3n) is 5.63. The average molecular weight is 472 g/mol. The minimum absolute atomic E-state index is 0.252. The molecule has 0 bridgehead atoms. The number of likely N-dealkylation sites (tertiary alicyclic amines) is 1. The second-order valence-corrected chi connectivity index (χ2v) is 10.0. The molecule has 9 heteroatoms. The predicted octanol–water partition coefficient (Wildman–Crippen LogP) is 4.49. The SMILES string of the molecule is Cn1ccnc1SCCc1ccc(OC(=O)N2CCC(CSc3nccn3C)CC2)cc1. The Kier molecular flexibility index (Phi) is 7.81. The highest BCUT2D eigenvalue weighted by molar-refractivity contribution is 7.99. The number of hydrogen-bond acceptors (Lipinski definition) is 6. The van der Waals surface area contributed by atoms with Crippen LogP contribution >= 0.6 is 23.5 Å². The molecule has 4 rings (SSSR count). The number of carbonyl (C=O) groups is 1. The Morgan fingerprint density at radius 2 is 1.62 bits per heavy atom. The maximum absolute atomic E-state index is 12.6. The van der Waals surface area contributed by atoms with Gasteiger partial charge < -0.3 is 18.8 Å². The Morgan fingerprint density at radius 1 is 1.00 bits per heavy atom. The van der Waals surface area contributed by atoms with Crippen LogP contribution in [0.4, 0.5) is 4.79 Å². The van der Waals surface area contributed by atoms with E-state index in [2.05, 4.69) is 9.97 Å². The first-order valence-corrected chi connectivity index (χ1v) is 12.8. The maximum atomic E-state index is 12.6. The smallest absolute Gasteiger partial charge is 0.410 e. The molecular weight excluding hydrogens is 442 g/mol. The number of imidazole rings is 2. The van der Waals surface area contributed by atoms with Gasteiger partial charge in [-0.3, -0.25) is 0 Å². The molecule has 0 aliphatic carbocycles. The number of ether oxygens (including phenoxy) is 1. The summed E-state index contributed by atoms with van der Waals surface area (Å²) < 4.78 is 9.67. The van der Waals surface area contributed by atoms with E-state index in [4.69, 9.17) is 4.74 Å². The molecule has 0 spiro atoms. The number of carbonyl (C=O) groups excluding carboxylic acids is 1. The first-order chi connectivity index (χ1) is 15.6. The van der Waals surface area contributed by atoms with Crippen LogP contribution < -0.4 is 4.74 Å². The van der Waals surface area contributed by atoms with E-state index in [9.17, 15) is 4.79 Å². The molecular formula is C23H29N5O2S2. The van der Waals surface area contributed by atoms with Crippen LogP contribution in [-0.4, -0.2) is 54.7 Å². The second kappa shape index (κ2) is 11.0. The van der Waals surface area contributed by atoms with Crippen LogP contribution in [0.2, 0.25) is 0 Å². The fraction of sp³-hybridized carbons (Fsp3) is 0.435. The summed E-state index contributed by atoms with van der Waals surface area (Å²) >= 11 is 3.53. The van der Waals surface area contributed by atoms with Crippen LogP contribution in [0.5, 0.6) is 5.75 Å². The van der Waals surface area contributed by atoms with Crippen molar-refractivity contribution in [3.63, 3.8) is 0 Å². The quantitative estimate of drug-likeness (QED) is 0.451. The van der Waals surface area contributed by atoms with Crippen LogP contribution in [0.25, 0.3) is 0 Å². The molecule has 1 aliphatic rings. The number of hydrogen-bond donors (Lipinski definition) is 0. The fourth-order valence-corrected chi connectivity index (χ4v) is 5.64. The Morgan fingerprint density at radius 3 is 2.22 bits per heavy atom. The van der Waals surface area contributed by atoms with Crippen molar-refractivity contribution in [3.05, 3.63) is 54.6 Å². The molecule has 2 aromatic heterocycles. The normalized spacial score (nSPS) is 14.6. The number of aromatic nitrogens is 4. The molecule has 0 radical (unpaired) electrons. The molecule has 1 saturated heterocycles. The van der Waals surface area contributed by atoms with E-state index in [1.807, 2.05) is 77.2 Å². The highest BCUT2D eigenvalue weighted by atomic mass is 32.2. The Labute approximate surface area is 197 Å². The lowest BCUT2D eigenvalue weighted by atomic mass is 9.99. The van der Waals surface area contributed by atoms with Gasteiger partial charge >= 0.3 is 6.09 Å². The molecule has 3 aromatic rings. The van der Waals surface area contributed by atoms with E-state index in [1.54, 1.807) is 23.5 Å². The topological polar surface area (TPSA) is 65.2 Å². The molecule has 0 N–H and O–H groups in total. The van der Waals surface area contributed by atoms with Gasteiger partial charge in [-0.15, -0.1) is 0 Å². The lowest BCUT2D eigenvalue weighted by molar-refractivity contribution is 0.134. The average Bonchev–Trinajstić information content (AvgIpc) is 3.41. The summed E-state index contributed by atoms with van der Waals surface area (Å²) in [5.41, 5.74) is 1.22. The maximum Gasteiger partial charge on any atom is 0.415 e. The van der Waals surface area contributed by atoms with Gasteiger partial charge in [0.2, 0.25) is 0 Å². The van der Waals surface area contributed by atoms with E-state index in [0.717, 1.165) is 54.2 Å². The van der Waals surface area contributed by atoms with Crippen molar-refractivity contribution >= 4 is 29.6 Å². The summed E-state index contributed by atoms with van der Waals surface area (Å²) in [4.78, 5) is 23.1. The predicted molar refractivity (Wildman–Crippen MR) is 128 cm³/mol. The minimum atomic E-state index is -0.252. The summed E-state index contributed by atoms with van der Waals surface area (Å²) in [6.07, 6.45) is 10.2. The summed E-state index contributed by atoms with van der Waals surface area (Å²) in [6, 6.07) is 7.83. The van der Waals surface area contributed by atoms with Crippen molar-refractivity contribution in [3.8, 4) is 5.75 Å². The zero-order chi connectivity index (χ0) is 22.3. The van der Waals surface area contributed by atoms with Gasteiger partial charge in [0.15, 0.2) is 10.3 Å². The Hall–Kier alpha value is -2.39. The highest BCUT2D eigenvalue weighted by Crippen LogP contribution is 2.26. The van der Waals surface area contributed by atoms with Crippen molar-refractivity contribution < 1.29 is 9.53 Å². The largest absolute Gasteiger partial charge is 0.415 e. The van der Waals surface area contributed by atoms with Crippen molar-refractivity contribution in [1.82, 2.24) is 24.0 Å². The number of thioether (sulfide) groups is 2. The molecule has 0 saturated carbocycles. The van der Waals surface area contributed by atoms with Crippen molar-refractivity contribution in [2.24, 2.45) is 20.0 Å². The fourth-order valence-electron chi connectivity index (χ4n) is 3.61. The van der Waals surface area contributed by atoms with E-state index in [0.29, 0.717) is 11.7 Å². The first-order valence-electron chi connectivity index (χ1n) is 10.8. The van der Waals surface area contributed by atoms with Crippen molar-refractivity contribution in [2.45, 2.75) is 29.6 Å². The number of piperidine rings is 1. The zero-order valence-corrected chi connectivity index (χ0v) is 20.1. The number of rotatable bonds is 8. The van der Waals surface area contributed by atoms with Gasteiger partial charge in [-0.05, 0) is 42.9 Å². The number of benzene rings is 1. The van der Waals surface area contributed by atoms with Crippen LogP contribution in [0.1, 0.15) is 18.4 Å². The van der Waals surface area contributed by atoms with Gasteiger partial charge in [-0.1, -0.05) is 35.7 Å². The highest BCUT2D eigenvalue weighted by Gasteiger charge is 2.24. The van der Waals surface area contributed by atoms with Gasteiger partial charge in [0.05, 0.1) is 0 Å². The van der Waals surface area contributed by atoms with E-state index in [1.165, 1.54) is 5.56 Å². The third-order valence-corrected chi connectivity index (χ3v) is 7.97. The van der Waals surface area contributed by atoms with Crippen molar-refractivity contribution in [1.29, 1.82) is 0 Å². The summed E-state index contributed by atoms with van der Waals surface area (Å²) in [5.74, 6) is 3.19. The van der Waals surface area contributed by atoms with Gasteiger partial charge in [0.25, 0.3) is 0 Å². The van der Waals surface area contributed by atoms with E-state index in [-0.39, 0.29) is 6.09 Å². The van der Waals surface area contributed by atoms with Gasteiger partial charge in [0.1, 0.15) is 5.75 Å². The third kappa shape index (κ3) is 6.10. The molecule has 1 amide bonds. The molecule has 1 fully saturated rings. The number of nitrogens with zero attached hydrogens (tertiary/aromatic N) is 5. The molecule has 32 heavy (non-hydrogen) atoms. The molecule has 3 heterocycles. The van der Waals surface area contributed by atoms with Crippen LogP contribution in [0.3, 0.4) is 0 Å². The van der Waals surface area contributed by atoms with Gasteiger partial charge in [0, 0.05) is 63.5 Å². The minimum Gasteiger partial charge on any atom is -0.410 e. The van der Waals surface area contributed by atoms with Gasteiger partial charge in [-0.25, -0.2) is 14.8 Å². The zero-order valence-electron chi connectivity index (χ0n) is 18.5. The van der Waals surface area contributed by atoms with Crippen LogP contribution in [0.15, 0.2) is 59.4 Å². The van der Waals surface area contributed by atoms with E-state index < -0.39 is 0 Å². The Bertz CT molecular complexity index is 1010. The lowest BCUT2D eigenvalue weighted by Crippen LogP contribution is -2.40. The summed E-state index contributed by atoms with van der Waals surface area (Å²) in [6.45, 7) is 1.49. The Balaban J connectivity index is 1.17. The molecule has 170 valence electrons. The monoisotopic (exact) mass is 471 g/mol. The molecule has 1 aromatic carbocycles. The van der Waals surface area contributed by atoms with E-state index >= 15 is 0 Å². The number of amides is 1. The summed E-state index contributed by atoms with van der Waals surface area (Å²) in [7, 11) is 4.02. The molecule has 1 aliphatic heterocycles. The molecule has 0 unspecified atom stereocenters. The summed E-state index contributed by atoms with van der Waals surface area (Å²) in [5, 5.41) is 2.07. The standard InChI is InChI=1S/C23H29N5O2S2/c1-26-14-10-24-21(26)31-16-9-18-3-5-20(6-4-18)30-23(29)28-12-7-19(8-13-28)17-32-22-25-11-15-27(22)2/h3-6,10-11,14-15,19H,7-9,12-13,16-17H2,1-2H3. The second-order valence-electron chi connectivity index (χ2n) is 7.99. The van der Waals surface area contributed by atoms with Crippen molar-refractivity contribution in [2.75, 3.05) is 24.6 Å². The van der Waals surface area contributed by atoms with Crippen LogP contribution in [-0.2, 0) is 20.5 Å². The lowest BCUT2D eigenvalue weighted by Gasteiger charge is -2.31. The number of aryl methyl sites for hydroxylation is 3. The molecule has 7 nitrogen and oxygen atoms in total. The van der Waals surface area contributed by atoms with Crippen LogP contribution in [0, 0.1) is 5.92 Å².